The number of ether oxygens (including phenoxy) is 1. The van der Waals surface area contributed by atoms with Crippen molar-refractivity contribution in [2.75, 3.05) is 19.0 Å². The van der Waals surface area contributed by atoms with Gasteiger partial charge in [-0.15, -0.1) is 0 Å². The van der Waals surface area contributed by atoms with E-state index in [1.165, 1.54) is 7.11 Å². The number of benzene rings is 2. The predicted octanol–water partition coefficient (Wildman–Crippen LogP) is 3.57. The summed E-state index contributed by atoms with van der Waals surface area (Å²) < 4.78 is 42.4. The molecule has 3 N–H and O–H groups in total. The number of nitrogens with one attached hydrogen (secondary N) is 2. The smallest absolute Gasteiger partial charge is 0.416 e. The van der Waals surface area contributed by atoms with Crippen LogP contribution in [0.1, 0.15) is 17.2 Å². The van der Waals surface area contributed by atoms with Gasteiger partial charge >= 0.3 is 12.2 Å². The number of alkyl halides is 3. The molecule has 2 rings (SSSR count). The van der Waals surface area contributed by atoms with E-state index in [2.05, 4.69) is 10.6 Å². The molecule has 25 heavy (non-hydrogen) atoms. The highest BCUT2D eigenvalue weighted by Gasteiger charge is 2.29. The van der Waals surface area contributed by atoms with Crippen molar-refractivity contribution < 1.29 is 27.8 Å². The molecule has 2 aromatic carbocycles. The van der Waals surface area contributed by atoms with Gasteiger partial charge in [-0.05, 0) is 42.0 Å². The highest BCUT2D eigenvalue weighted by atomic mass is 19.4. The van der Waals surface area contributed by atoms with Crippen LogP contribution in [-0.4, -0.2) is 24.8 Å². The summed E-state index contributed by atoms with van der Waals surface area (Å²) in [7, 11) is 1.53. The van der Waals surface area contributed by atoms with E-state index in [1.807, 2.05) is 0 Å². The molecule has 2 aromatic rings. The maximum atomic E-state index is 12.5. The Bertz CT molecular complexity index is 701. The lowest BCUT2D eigenvalue weighted by Crippen LogP contribution is -2.32. The monoisotopic (exact) mass is 354 g/mol. The zero-order valence-electron chi connectivity index (χ0n) is 13.3. The van der Waals surface area contributed by atoms with Crippen LogP contribution >= 0.6 is 0 Å². The van der Waals surface area contributed by atoms with E-state index in [0.717, 1.165) is 24.3 Å². The van der Waals surface area contributed by atoms with Crippen molar-refractivity contribution in [3.8, 4) is 5.75 Å². The molecule has 0 aromatic heterocycles. The van der Waals surface area contributed by atoms with Gasteiger partial charge in [0.25, 0.3) is 0 Å². The fourth-order valence-corrected chi connectivity index (χ4v) is 2.05. The molecule has 0 unspecified atom stereocenters. The molecule has 0 saturated heterocycles. The molecule has 0 saturated carbocycles. The van der Waals surface area contributed by atoms with Gasteiger partial charge in [-0.3, -0.25) is 0 Å². The van der Waals surface area contributed by atoms with E-state index < -0.39 is 23.9 Å². The van der Waals surface area contributed by atoms with Crippen molar-refractivity contribution in [3.05, 3.63) is 59.7 Å². The molecule has 5 nitrogen and oxygen atoms in total. The maximum Gasteiger partial charge on any atom is 0.416 e. The van der Waals surface area contributed by atoms with Gasteiger partial charge in [-0.2, -0.15) is 13.2 Å². The number of amides is 2. The Morgan fingerprint density at radius 2 is 1.72 bits per heavy atom. The number of aliphatic hydroxyl groups is 1. The normalized spacial score (nSPS) is 12.4. The molecule has 8 heteroatoms. The third-order valence-electron chi connectivity index (χ3n) is 3.43. The number of urea groups is 1. The van der Waals surface area contributed by atoms with Crippen LogP contribution in [0, 0.1) is 0 Å². The SMILES string of the molecule is COc1ccc([C@@H](O)CNC(=O)Nc2ccc(C(F)(F)F)cc2)cc1. The van der Waals surface area contributed by atoms with Crippen molar-refractivity contribution in [1.82, 2.24) is 5.32 Å². The second-order valence-corrected chi connectivity index (χ2v) is 5.20. The number of anilines is 1. The third kappa shape index (κ3) is 5.39. The van der Waals surface area contributed by atoms with Crippen molar-refractivity contribution in [2.24, 2.45) is 0 Å². The molecule has 0 radical (unpaired) electrons. The van der Waals surface area contributed by atoms with Crippen LogP contribution in [0.5, 0.6) is 5.75 Å². The summed E-state index contributed by atoms with van der Waals surface area (Å²) in [6, 6.07) is 10.1. The largest absolute Gasteiger partial charge is 0.497 e. The van der Waals surface area contributed by atoms with Gasteiger partial charge in [0.1, 0.15) is 5.75 Å². The summed E-state index contributed by atoms with van der Waals surface area (Å²) in [6.07, 6.45) is -5.35. The van der Waals surface area contributed by atoms with E-state index in [1.54, 1.807) is 24.3 Å². The molecule has 0 aliphatic rings. The molecule has 134 valence electrons. The minimum atomic E-state index is -4.43. The van der Waals surface area contributed by atoms with E-state index >= 15 is 0 Å². The van der Waals surface area contributed by atoms with Crippen LogP contribution < -0.4 is 15.4 Å². The summed E-state index contributed by atoms with van der Waals surface area (Å²) in [5.74, 6) is 0.643. The fraction of sp³-hybridized carbons (Fsp3) is 0.235. The predicted molar refractivity (Wildman–Crippen MR) is 86.4 cm³/mol. The fourth-order valence-electron chi connectivity index (χ4n) is 2.05. The number of rotatable bonds is 5. The highest BCUT2D eigenvalue weighted by Crippen LogP contribution is 2.29. The van der Waals surface area contributed by atoms with E-state index in [9.17, 15) is 23.1 Å². The van der Waals surface area contributed by atoms with Crippen molar-refractivity contribution in [1.29, 1.82) is 0 Å². The molecule has 0 fully saturated rings. The van der Waals surface area contributed by atoms with Crippen LogP contribution in [0.3, 0.4) is 0 Å². The lowest BCUT2D eigenvalue weighted by molar-refractivity contribution is -0.137. The highest BCUT2D eigenvalue weighted by molar-refractivity contribution is 5.89. The average Bonchev–Trinajstić information content (AvgIpc) is 2.59. The van der Waals surface area contributed by atoms with Gasteiger partial charge in [0.05, 0.1) is 18.8 Å². The lowest BCUT2D eigenvalue weighted by atomic mass is 10.1. The number of hydrogen-bond acceptors (Lipinski definition) is 3. The number of hydrogen-bond donors (Lipinski definition) is 3. The summed E-state index contributed by atoms with van der Waals surface area (Å²) in [5, 5.41) is 14.9. The summed E-state index contributed by atoms with van der Waals surface area (Å²) in [6.45, 7) is -0.0567. The molecule has 0 heterocycles. The van der Waals surface area contributed by atoms with Gasteiger partial charge in [0.2, 0.25) is 0 Å². The first-order valence-electron chi connectivity index (χ1n) is 7.33. The third-order valence-corrected chi connectivity index (χ3v) is 3.43. The van der Waals surface area contributed by atoms with Crippen LogP contribution in [0.15, 0.2) is 48.5 Å². The second-order valence-electron chi connectivity index (χ2n) is 5.20. The first kappa shape index (κ1) is 18.6. The van der Waals surface area contributed by atoms with Crippen molar-refractivity contribution in [3.63, 3.8) is 0 Å². The maximum absolute atomic E-state index is 12.5. The Morgan fingerprint density at radius 1 is 1.12 bits per heavy atom. The molecule has 1 atom stereocenters. The second kappa shape index (κ2) is 7.89. The Hall–Kier alpha value is -2.74. The van der Waals surface area contributed by atoms with Gasteiger partial charge < -0.3 is 20.5 Å². The average molecular weight is 354 g/mol. The molecule has 0 bridgehead atoms. The first-order valence-corrected chi connectivity index (χ1v) is 7.33. The van der Waals surface area contributed by atoms with E-state index in [0.29, 0.717) is 11.3 Å². The molecule has 0 spiro atoms. The molecule has 0 aliphatic heterocycles. The number of halogens is 3. The lowest BCUT2D eigenvalue weighted by Gasteiger charge is -2.14. The molecular weight excluding hydrogens is 337 g/mol. The quantitative estimate of drug-likeness (QED) is 0.769. The summed E-state index contributed by atoms with van der Waals surface area (Å²) in [5.41, 5.74) is 0.00783. The van der Waals surface area contributed by atoms with Gasteiger partial charge in [-0.25, -0.2) is 4.79 Å². The summed E-state index contributed by atoms with van der Waals surface area (Å²) in [4.78, 5) is 11.8. The molecular formula is C17H17F3N2O3. The van der Waals surface area contributed by atoms with Gasteiger partial charge in [0.15, 0.2) is 0 Å². The van der Waals surface area contributed by atoms with E-state index in [4.69, 9.17) is 4.74 Å². The number of methoxy groups -OCH3 is 1. The van der Waals surface area contributed by atoms with Crippen LogP contribution in [-0.2, 0) is 6.18 Å². The Kier molecular flexibility index (Phi) is 5.87. The summed E-state index contributed by atoms with van der Waals surface area (Å²) >= 11 is 0. The number of carbonyl (C=O) groups is 1. The Labute approximate surface area is 142 Å². The van der Waals surface area contributed by atoms with E-state index in [-0.39, 0.29) is 12.2 Å². The zero-order valence-corrected chi connectivity index (χ0v) is 13.3. The van der Waals surface area contributed by atoms with Gasteiger partial charge in [-0.1, -0.05) is 12.1 Å². The Balaban J connectivity index is 1.85. The molecule has 0 aliphatic carbocycles. The zero-order chi connectivity index (χ0) is 18.4. The van der Waals surface area contributed by atoms with Crippen LogP contribution in [0.25, 0.3) is 0 Å². The number of aliphatic hydroxyl groups excluding tert-OH is 1. The first-order chi connectivity index (χ1) is 11.8. The van der Waals surface area contributed by atoms with Crippen LogP contribution in [0.4, 0.5) is 23.7 Å². The standard InChI is InChI=1S/C17H17F3N2O3/c1-25-14-8-2-11(3-9-14)15(23)10-21-16(24)22-13-6-4-12(5-7-13)17(18,19)20/h2-9,15,23H,10H2,1H3,(H2,21,22,24)/t15-/m0/s1. The van der Waals surface area contributed by atoms with Crippen molar-refractivity contribution >= 4 is 11.7 Å². The van der Waals surface area contributed by atoms with Crippen LogP contribution in [0.2, 0.25) is 0 Å². The molecule has 2 amide bonds. The van der Waals surface area contributed by atoms with Crippen molar-refractivity contribution in [2.45, 2.75) is 12.3 Å². The topological polar surface area (TPSA) is 70.6 Å². The minimum Gasteiger partial charge on any atom is -0.497 e. The van der Waals surface area contributed by atoms with Gasteiger partial charge in [0, 0.05) is 12.2 Å². The Morgan fingerprint density at radius 3 is 2.24 bits per heavy atom. The number of carbonyl (C=O) groups excluding carboxylic acids is 1. The minimum absolute atomic E-state index is 0.0567.